The molecule has 26 heavy (non-hydrogen) atoms. The number of hydrogen-bond donors (Lipinski definition) is 2. The van der Waals surface area contributed by atoms with Gasteiger partial charge in [-0.05, 0) is 25.9 Å². The highest BCUT2D eigenvalue weighted by molar-refractivity contribution is 5.89. The van der Waals surface area contributed by atoms with Crippen molar-refractivity contribution in [2.45, 2.75) is 32.2 Å². The second-order valence-electron chi connectivity index (χ2n) is 6.66. The van der Waals surface area contributed by atoms with E-state index in [0.717, 1.165) is 32.6 Å². The van der Waals surface area contributed by atoms with E-state index in [4.69, 9.17) is 4.74 Å². The molecule has 2 aliphatic heterocycles. The predicted molar refractivity (Wildman–Crippen MR) is 107 cm³/mol. The van der Waals surface area contributed by atoms with Crippen molar-refractivity contribution in [2.75, 3.05) is 59.5 Å². The Morgan fingerprint density at radius 2 is 2.04 bits per heavy atom. The van der Waals surface area contributed by atoms with Crippen LogP contribution in [-0.4, -0.2) is 87.2 Å². The van der Waals surface area contributed by atoms with Gasteiger partial charge in [0.25, 0.3) is 0 Å². The first kappa shape index (κ1) is 25.4. The number of amides is 2. The molecule has 0 aromatic heterocycles. The number of ether oxygens (including phenoxy) is 1. The topological polar surface area (TPSA) is 73.9 Å². The standard InChI is InChI=1S/C17H32N4O3.2ClH/c1-3-20-9-4-5-15(20)13-21-12-14(11-16(21)22)17(23)19-7-6-18-8-10-24-2;;/h14-15,18H,3-13H2,1-2H3,(H,19,23);2*1H. The summed E-state index contributed by atoms with van der Waals surface area (Å²) < 4.78 is 4.95. The molecule has 154 valence electrons. The minimum atomic E-state index is -0.201. The first-order valence-corrected chi connectivity index (χ1v) is 9.14. The van der Waals surface area contributed by atoms with Gasteiger partial charge >= 0.3 is 0 Å². The van der Waals surface area contributed by atoms with Gasteiger partial charge in [0.15, 0.2) is 0 Å². The van der Waals surface area contributed by atoms with Crippen LogP contribution in [0.25, 0.3) is 0 Å². The minimum Gasteiger partial charge on any atom is -0.383 e. The van der Waals surface area contributed by atoms with E-state index in [-0.39, 0.29) is 42.5 Å². The Bertz CT molecular complexity index is 429. The molecule has 9 heteroatoms. The second-order valence-corrected chi connectivity index (χ2v) is 6.66. The highest BCUT2D eigenvalue weighted by Crippen LogP contribution is 2.23. The van der Waals surface area contributed by atoms with Gasteiger partial charge in [-0.3, -0.25) is 14.5 Å². The molecule has 0 aliphatic carbocycles. The largest absolute Gasteiger partial charge is 0.383 e. The molecule has 2 atom stereocenters. The highest BCUT2D eigenvalue weighted by atomic mass is 35.5. The molecule has 0 bridgehead atoms. The van der Waals surface area contributed by atoms with E-state index >= 15 is 0 Å². The molecule has 7 nitrogen and oxygen atoms in total. The van der Waals surface area contributed by atoms with Crippen molar-refractivity contribution in [2.24, 2.45) is 5.92 Å². The number of likely N-dealkylation sites (N-methyl/N-ethyl adjacent to an activating group) is 1. The molecular formula is C17H34Cl2N4O3. The first-order chi connectivity index (χ1) is 11.7. The molecule has 0 spiro atoms. The van der Waals surface area contributed by atoms with Crippen molar-refractivity contribution < 1.29 is 14.3 Å². The van der Waals surface area contributed by atoms with Gasteiger partial charge < -0.3 is 20.3 Å². The van der Waals surface area contributed by atoms with Crippen molar-refractivity contribution >= 4 is 36.6 Å². The zero-order chi connectivity index (χ0) is 17.4. The molecular weight excluding hydrogens is 379 g/mol. The Morgan fingerprint density at radius 1 is 1.27 bits per heavy atom. The summed E-state index contributed by atoms with van der Waals surface area (Å²) in [6, 6.07) is 0.464. The number of hydrogen-bond acceptors (Lipinski definition) is 5. The van der Waals surface area contributed by atoms with E-state index in [1.165, 1.54) is 6.42 Å². The summed E-state index contributed by atoms with van der Waals surface area (Å²) in [5.41, 5.74) is 0. The van der Waals surface area contributed by atoms with E-state index < -0.39 is 0 Å². The summed E-state index contributed by atoms with van der Waals surface area (Å²) in [7, 11) is 1.66. The molecule has 0 radical (unpaired) electrons. The number of methoxy groups -OCH3 is 1. The summed E-state index contributed by atoms with van der Waals surface area (Å²) in [4.78, 5) is 28.8. The molecule has 2 rings (SSSR count). The molecule has 0 aromatic rings. The van der Waals surface area contributed by atoms with Gasteiger partial charge in [0.2, 0.25) is 11.8 Å². The SMILES string of the molecule is CCN1CCCC1CN1CC(C(=O)NCCNCCOC)CC1=O.Cl.Cl. The molecule has 2 N–H and O–H groups in total. The van der Waals surface area contributed by atoms with E-state index in [1.807, 2.05) is 4.90 Å². The second kappa shape index (κ2) is 13.6. The van der Waals surface area contributed by atoms with Gasteiger partial charge in [0.1, 0.15) is 0 Å². The lowest BCUT2D eigenvalue weighted by Gasteiger charge is -2.27. The predicted octanol–water partition coefficient (Wildman–Crippen LogP) is 0.515. The first-order valence-electron chi connectivity index (χ1n) is 9.14. The Kier molecular flexibility index (Phi) is 13.2. The van der Waals surface area contributed by atoms with Gasteiger partial charge in [-0.1, -0.05) is 6.92 Å². The quantitative estimate of drug-likeness (QED) is 0.511. The fourth-order valence-electron chi connectivity index (χ4n) is 3.61. The van der Waals surface area contributed by atoms with Crippen LogP contribution in [0.4, 0.5) is 0 Å². The molecule has 2 fully saturated rings. The maximum Gasteiger partial charge on any atom is 0.225 e. The monoisotopic (exact) mass is 412 g/mol. The number of carbonyl (C=O) groups excluding carboxylic acids is 2. The smallest absolute Gasteiger partial charge is 0.225 e. The molecule has 2 heterocycles. The summed E-state index contributed by atoms with van der Waals surface area (Å²) in [5.74, 6) is -0.0811. The van der Waals surface area contributed by atoms with Gasteiger partial charge in [-0.2, -0.15) is 0 Å². The minimum absolute atomic E-state index is 0. The van der Waals surface area contributed by atoms with E-state index in [2.05, 4.69) is 22.5 Å². The van der Waals surface area contributed by atoms with Crippen LogP contribution in [-0.2, 0) is 14.3 Å². The lowest BCUT2D eigenvalue weighted by molar-refractivity contribution is -0.129. The molecule has 2 saturated heterocycles. The third-order valence-electron chi connectivity index (χ3n) is 5.01. The van der Waals surface area contributed by atoms with Crippen molar-refractivity contribution in [1.29, 1.82) is 0 Å². The molecule has 2 amide bonds. The van der Waals surface area contributed by atoms with Crippen LogP contribution in [0.5, 0.6) is 0 Å². The summed E-state index contributed by atoms with van der Waals surface area (Å²) in [6.45, 7) is 8.40. The third-order valence-corrected chi connectivity index (χ3v) is 5.01. The molecule has 0 aromatic carbocycles. The lowest BCUT2D eigenvalue weighted by Crippen LogP contribution is -2.42. The van der Waals surface area contributed by atoms with E-state index in [0.29, 0.717) is 38.7 Å². The van der Waals surface area contributed by atoms with Crippen LogP contribution >= 0.6 is 24.8 Å². The Labute approximate surface area is 169 Å². The summed E-state index contributed by atoms with van der Waals surface area (Å²) in [6.07, 6.45) is 2.71. The van der Waals surface area contributed by atoms with E-state index in [9.17, 15) is 9.59 Å². The van der Waals surface area contributed by atoms with Crippen LogP contribution in [0.15, 0.2) is 0 Å². The average Bonchev–Trinajstić information content (AvgIpc) is 3.17. The molecule has 2 aliphatic rings. The number of nitrogens with one attached hydrogen (secondary N) is 2. The third kappa shape index (κ3) is 7.56. The number of carbonyl (C=O) groups is 2. The van der Waals surface area contributed by atoms with Crippen LogP contribution in [0.3, 0.4) is 0 Å². The maximum atomic E-state index is 12.2. The number of rotatable bonds is 10. The van der Waals surface area contributed by atoms with E-state index in [1.54, 1.807) is 7.11 Å². The fraction of sp³-hybridized carbons (Fsp3) is 0.882. The average molecular weight is 413 g/mol. The van der Waals surface area contributed by atoms with Crippen LogP contribution in [0.2, 0.25) is 0 Å². The van der Waals surface area contributed by atoms with Crippen molar-refractivity contribution in [3.8, 4) is 0 Å². The number of halogens is 2. The lowest BCUT2D eigenvalue weighted by atomic mass is 10.1. The van der Waals surface area contributed by atoms with Crippen molar-refractivity contribution in [3.05, 3.63) is 0 Å². The van der Waals surface area contributed by atoms with Crippen LogP contribution in [0, 0.1) is 5.92 Å². The van der Waals surface area contributed by atoms with Gasteiger partial charge in [-0.15, -0.1) is 24.8 Å². The Balaban J connectivity index is 0.00000312. The van der Waals surface area contributed by atoms with Crippen LogP contribution in [0.1, 0.15) is 26.2 Å². The highest BCUT2D eigenvalue weighted by Gasteiger charge is 2.36. The van der Waals surface area contributed by atoms with Crippen molar-refractivity contribution in [1.82, 2.24) is 20.4 Å². The summed E-state index contributed by atoms with van der Waals surface area (Å²) >= 11 is 0. The summed E-state index contributed by atoms with van der Waals surface area (Å²) in [5, 5.41) is 6.11. The van der Waals surface area contributed by atoms with Crippen LogP contribution < -0.4 is 10.6 Å². The van der Waals surface area contributed by atoms with Crippen molar-refractivity contribution in [3.63, 3.8) is 0 Å². The zero-order valence-corrected chi connectivity index (χ0v) is 17.5. The normalized spacial score (nSPS) is 22.8. The Hall–Kier alpha value is -0.600. The number of likely N-dealkylation sites (tertiary alicyclic amines) is 2. The van der Waals surface area contributed by atoms with Gasteiger partial charge in [0.05, 0.1) is 12.5 Å². The molecule has 0 saturated carbocycles. The fourth-order valence-corrected chi connectivity index (χ4v) is 3.61. The van der Waals surface area contributed by atoms with Gasteiger partial charge in [-0.25, -0.2) is 0 Å². The number of nitrogens with zero attached hydrogens (tertiary/aromatic N) is 2. The Morgan fingerprint density at radius 3 is 2.73 bits per heavy atom. The molecule has 2 unspecified atom stereocenters. The maximum absolute atomic E-state index is 12.2. The zero-order valence-electron chi connectivity index (χ0n) is 15.9. The van der Waals surface area contributed by atoms with Gasteiger partial charge in [0, 0.05) is 52.3 Å².